The molecule has 0 aromatic heterocycles. The fraction of sp³-hybridized carbons (Fsp3) is 0.562. The van der Waals surface area contributed by atoms with Gasteiger partial charge in [0.1, 0.15) is 0 Å². The van der Waals surface area contributed by atoms with Crippen molar-refractivity contribution in [1.29, 1.82) is 0 Å². The zero-order chi connectivity index (χ0) is 13.1. The molecule has 1 heterocycles. The van der Waals surface area contributed by atoms with Crippen molar-refractivity contribution in [1.82, 2.24) is 4.90 Å². The van der Waals surface area contributed by atoms with E-state index in [9.17, 15) is 4.79 Å². The number of benzene rings is 1. The topological polar surface area (TPSA) is 20.3 Å². The molecule has 18 heavy (non-hydrogen) atoms. The molecule has 1 fully saturated rings. The molecule has 0 radical (unpaired) electrons. The Kier molecular flexibility index (Phi) is 4.05. The fourth-order valence-corrected chi connectivity index (χ4v) is 2.92. The lowest BCUT2D eigenvalue weighted by Gasteiger charge is -2.25. The third-order valence-corrected chi connectivity index (χ3v) is 3.79. The molecule has 0 saturated carbocycles. The second kappa shape index (κ2) is 5.55. The molecule has 1 aromatic carbocycles. The van der Waals surface area contributed by atoms with Crippen LogP contribution in [0.15, 0.2) is 30.3 Å². The van der Waals surface area contributed by atoms with E-state index < -0.39 is 0 Å². The Morgan fingerprint density at radius 1 is 1.22 bits per heavy atom. The maximum absolute atomic E-state index is 12.1. The Labute approximate surface area is 110 Å². The van der Waals surface area contributed by atoms with Crippen LogP contribution in [0.1, 0.15) is 45.2 Å². The molecule has 2 atom stereocenters. The SMILES string of the molecule is CC(C)C[C@H]1CC(=O)N([C@H](C)c2ccccc2)C1. The van der Waals surface area contributed by atoms with E-state index >= 15 is 0 Å². The molecule has 0 aliphatic carbocycles. The van der Waals surface area contributed by atoms with Crippen LogP contribution >= 0.6 is 0 Å². The summed E-state index contributed by atoms with van der Waals surface area (Å²) in [7, 11) is 0. The van der Waals surface area contributed by atoms with Crippen molar-refractivity contribution in [3.8, 4) is 0 Å². The van der Waals surface area contributed by atoms with E-state index in [0.717, 1.165) is 19.4 Å². The number of hydrogen-bond donors (Lipinski definition) is 0. The highest BCUT2D eigenvalue weighted by molar-refractivity contribution is 5.79. The van der Waals surface area contributed by atoms with Gasteiger partial charge in [0.05, 0.1) is 6.04 Å². The van der Waals surface area contributed by atoms with Gasteiger partial charge in [-0.25, -0.2) is 0 Å². The van der Waals surface area contributed by atoms with Crippen LogP contribution in [-0.4, -0.2) is 17.4 Å². The van der Waals surface area contributed by atoms with Crippen molar-refractivity contribution in [2.24, 2.45) is 11.8 Å². The van der Waals surface area contributed by atoms with Crippen LogP contribution in [0.3, 0.4) is 0 Å². The Balaban J connectivity index is 2.04. The van der Waals surface area contributed by atoms with Crippen LogP contribution < -0.4 is 0 Å². The van der Waals surface area contributed by atoms with Crippen molar-refractivity contribution in [3.05, 3.63) is 35.9 Å². The summed E-state index contributed by atoms with van der Waals surface area (Å²) >= 11 is 0. The molecule has 0 spiro atoms. The molecule has 2 heteroatoms. The standard InChI is InChI=1S/C16H23NO/c1-12(2)9-14-10-16(18)17(11-14)13(3)15-7-5-4-6-8-15/h4-8,12-14H,9-11H2,1-3H3/t13-,14+/m1/s1. The number of nitrogens with zero attached hydrogens (tertiary/aromatic N) is 1. The first kappa shape index (κ1) is 13.1. The molecule has 1 amide bonds. The first-order valence-corrected chi connectivity index (χ1v) is 6.92. The minimum absolute atomic E-state index is 0.205. The first-order valence-electron chi connectivity index (χ1n) is 6.92. The smallest absolute Gasteiger partial charge is 0.223 e. The van der Waals surface area contributed by atoms with E-state index in [0.29, 0.717) is 17.7 Å². The van der Waals surface area contributed by atoms with Gasteiger partial charge in [-0.15, -0.1) is 0 Å². The molecule has 98 valence electrons. The van der Waals surface area contributed by atoms with Gasteiger partial charge in [-0.05, 0) is 30.7 Å². The molecular formula is C16H23NO. The molecule has 0 unspecified atom stereocenters. The average molecular weight is 245 g/mol. The van der Waals surface area contributed by atoms with E-state index in [-0.39, 0.29) is 6.04 Å². The van der Waals surface area contributed by atoms with Crippen molar-refractivity contribution in [2.75, 3.05) is 6.54 Å². The monoisotopic (exact) mass is 245 g/mol. The second-order valence-corrected chi connectivity index (χ2v) is 5.83. The largest absolute Gasteiger partial charge is 0.336 e. The lowest BCUT2D eigenvalue weighted by molar-refractivity contribution is -0.129. The predicted molar refractivity (Wildman–Crippen MR) is 74.1 cm³/mol. The third-order valence-electron chi connectivity index (χ3n) is 3.79. The minimum Gasteiger partial charge on any atom is -0.336 e. The van der Waals surface area contributed by atoms with Gasteiger partial charge >= 0.3 is 0 Å². The number of likely N-dealkylation sites (tertiary alicyclic amines) is 1. The molecule has 1 aliphatic rings. The van der Waals surface area contributed by atoms with Gasteiger partial charge in [-0.2, -0.15) is 0 Å². The summed E-state index contributed by atoms with van der Waals surface area (Å²) in [6.07, 6.45) is 1.89. The van der Waals surface area contributed by atoms with Gasteiger partial charge in [0, 0.05) is 13.0 Å². The van der Waals surface area contributed by atoms with Gasteiger partial charge < -0.3 is 4.90 Å². The van der Waals surface area contributed by atoms with Gasteiger partial charge in [0.2, 0.25) is 5.91 Å². The van der Waals surface area contributed by atoms with Crippen molar-refractivity contribution in [2.45, 2.75) is 39.7 Å². The van der Waals surface area contributed by atoms with Crippen LogP contribution in [-0.2, 0) is 4.79 Å². The highest BCUT2D eigenvalue weighted by Crippen LogP contribution is 2.31. The number of amides is 1. The van der Waals surface area contributed by atoms with Crippen LogP contribution in [0.25, 0.3) is 0 Å². The molecular weight excluding hydrogens is 222 g/mol. The second-order valence-electron chi connectivity index (χ2n) is 5.83. The van der Waals surface area contributed by atoms with E-state index in [1.165, 1.54) is 5.56 Å². The molecule has 1 aliphatic heterocycles. The Bertz CT molecular complexity index is 399. The normalized spacial score (nSPS) is 21.7. The maximum Gasteiger partial charge on any atom is 0.223 e. The van der Waals surface area contributed by atoms with E-state index in [4.69, 9.17) is 0 Å². The maximum atomic E-state index is 12.1. The summed E-state index contributed by atoms with van der Waals surface area (Å²) in [5, 5.41) is 0. The number of carbonyl (C=O) groups is 1. The number of rotatable bonds is 4. The molecule has 0 N–H and O–H groups in total. The van der Waals surface area contributed by atoms with Gasteiger partial charge in [0.15, 0.2) is 0 Å². The molecule has 2 nitrogen and oxygen atoms in total. The highest BCUT2D eigenvalue weighted by Gasteiger charge is 2.33. The molecule has 2 rings (SSSR count). The van der Waals surface area contributed by atoms with Crippen LogP contribution in [0, 0.1) is 11.8 Å². The summed E-state index contributed by atoms with van der Waals surface area (Å²) in [6, 6.07) is 10.5. The van der Waals surface area contributed by atoms with Gasteiger partial charge in [0.25, 0.3) is 0 Å². The average Bonchev–Trinajstić information content (AvgIpc) is 2.69. The zero-order valence-electron chi connectivity index (χ0n) is 11.6. The van der Waals surface area contributed by atoms with Crippen LogP contribution in [0.5, 0.6) is 0 Å². The van der Waals surface area contributed by atoms with Crippen molar-refractivity contribution >= 4 is 5.91 Å². The Morgan fingerprint density at radius 2 is 1.89 bits per heavy atom. The van der Waals surface area contributed by atoms with Gasteiger partial charge in [-0.3, -0.25) is 4.79 Å². The lowest BCUT2D eigenvalue weighted by atomic mass is 9.96. The van der Waals surface area contributed by atoms with Crippen molar-refractivity contribution in [3.63, 3.8) is 0 Å². The summed E-state index contributed by atoms with van der Waals surface area (Å²) in [5.41, 5.74) is 1.23. The zero-order valence-corrected chi connectivity index (χ0v) is 11.6. The Morgan fingerprint density at radius 3 is 2.50 bits per heavy atom. The summed E-state index contributed by atoms with van der Waals surface area (Å²) in [4.78, 5) is 14.2. The summed E-state index contributed by atoms with van der Waals surface area (Å²) in [6.45, 7) is 7.51. The first-order chi connectivity index (χ1) is 8.58. The van der Waals surface area contributed by atoms with E-state index in [1.807, 2.05) is 23.1 Å². The van der Waals surface area contributed by atoms with Gasteiger partial charge in [-0.1, -0.05) is 44.2 Å². The van der Waals surface area contributed by atoms with Crippen molar-refractivity contribution < 1.29 is 4.79 Å². The fourth-order valence-electron chi connectivity index (χ4n) is 2.92. The van der Waals surface area contributed by atoms with Crippen LogP contribution in [0.2, 0.25) is 0 Å². The molecule has 1 aromatic rings. The Hall–Kier alpha value is -1.31. The van der Waals surface area contributed by atoms with Crippen LogP contribution in [0.4, 0.5) is 0 Å². The summed E-state index contributed by atoms with van der Waals surface area (Å²) < 4.78 is 0. The third kappa shape index (κ3) is 2.92. The van der Waals surface area contributed by atoms with E-state index in [1.54, 1.807) is 0 Å². The number of carbonyl (C=O) groups excluding carboxylic acids is 1. The summed E-state index contributed by atoms with van der Waals surface area (Å²) in [5.74, 6) is 1.54. The highest BCUT2D eigenvalue weighted by atomic mass is 16.2. The molecule has 0 bridgehead atoms. The van der Waals surface area contributed by atoms with E-state index in [2.05, 4.69) is 32.9 Å². The molecule has 1 saturated heterocycles. The minimum atomic E-state index is 0.205. The predicted octanol–water partition coefficient (Wildman–Crippen LogP) is 3.64. The number of hydrogen-bond acceptors (Lipinski definition) is 1. The lowest BCUT2D eigenvalue weighted by Crippen LogP contribution is -2.28. The quantitative estimate of drug-likeness (QED) is 0.793.